The van der Waals surface area contributed by atoms with Crippen molar-refractivity contribution in [3.05, 3.63) is 34.9 Å². The molecule has 1 aliphatic rings. The van der Waals surface area contributed by atoms with Crippen LogP contribution in [0.1, 0.15) is 43.6 Å². The van der Waals surface area contributed by atoms with Crippen molar-refractivity contribution in [1.29, 1.82) is 0 Å². The van der Waals surface area contributed by atoms with Crippen LogP contribution in [0.5, 0.6) is 0 Å². The molecule has 1 nitrogen and oxygen atoms in total. The molecule has 1 aromatic rings. The fraction of sp³-hybridized carbons (Fsp3) is 0.571. The predicted octanol–water partition coefficient (Wildman–Crippen LogP) is 3.98. The van der Waals surface area contributed by atoms with E-state index in [0.29, 0.717) is 12.0 Å². The summed E-state index contributed by atoms with van der Waals surface area (Å²) >= 11 is 6.06. The summed E-state index contributed by atoms with van der Waals surface area (Å²) in [5.41, 5.74) is 1.41. The first-order valence-corrected chi connectivity index (χ1v) is 6.60. The smallest absolute Gasteiger partial charge is 0.0408 e. The summed E-state index contributed by atoms with van der Waals surface area (Å²) in [5.74, 6) is 0.679. The Bertz CT molecular complexity index is 337. The topological polar surface area (TPSA) is 12.0 Å². The number of halogens is 1. The van der Waals surface area contributed by atoms with Gasteiger partial charge in [0, 0.05) is 11.1 Å². The van der Waals surface area contributed by atoms with E-state index in [4.69, 9.17) is 11.6 Å². The maximum absolute atomic E-state index is 6.06. The van der Waals surface area contributed by atoms with Crippen molar-refractivity contribution in [3.63, 3.8) is 0 Å². The molecule has 0 bridgehead atoms. The van der Waals surface area contributed by atoms with Crippen LogP contribution in [0.25, 0.3) is 0 Å². The summed E-state index contributed by atoms with van der Waals surface area (Å²) < 4.78 is 0. The minimum absolute atomic E-state index is 0.673. The Labute approximate surface area is 103 Å². The highest BCUT2D eigenvalue weighted by molar-refractivity contribution is 6.30. The van der Waals surface area contributed by atoms with Crippen LogP contribution in [0.15, 0.2) is 24.3 Å². The molecule has 0 amide bonds. The van der Waals surface area contributed by atoms with Gasteiger partial charge in [-0.3, -0.25) is 0 Å². The first-order valence-electron chi connectivity index (χ1n) is 6.22. The zero-order chi connectivity index (χ0) is 11.4. The van der Waals surface area contributed by atoms with E-state index in [2.05, 4.69) is 30.6 Å². The molecule has 1 aliphatic carbocycles. The molecular weight excluding hydrogens is 218 g/mol. The summed E-state index contributed by atoms with van der Waals surface area (Å²) in [4.78, 5) is 0. The average Bonchev–Trinajstić information content (AvgIpc) is 2.54. The number of benzene rings is 1. The summed E-state index contributed by atoms with van der Waals surface area (Å²) in [6.45, 7) is 0. The normalized spacial score (nSPS) is 26.4. The van der Waals surface area contributed by atoms with Crippen LogP contribution in [0.2, 0.25) is 5.02 Å². The molecular formula is C14H20ClN. The highest BCUT2D eigenvalue weighted by atomic mass is 35.5. The molecule has 2 atom stereocenters. The van der Waals surface area contributed by atoms with Gasteiger partial charge < -0.3 is 5.32 Å². The zero-order valence-corrected chi connectivity index (χ0v) is 10.6. The molecule has 1 N–H and O–H groups in total. The maximum Gasteiger partial charge on any atom is 0.0408 e. The highest BCUT2D eigenvalue weighted by Gasteiger charge is 2.20. The minimum Gasteiger partial charge on any atom is -0.317 e. The molecule has 1 saturated carbocycles. The summed E-state index contributed by atoms with van der Waals surface area (Å²) in [6, 6.07) is 9.04. The molecule has 0 aromatic heterocycles. The SMILES string of the molecule is CNC1CCCCC(c2cccc(Cl)c2)C1. The third-order valence-electron chi connectivity index (χ3n) is 3.65. The zero-order valence-electron chi connectivity index (χ0n) is 9.88. The van der Waals surface area contributed by atoms with Crippen LogP contribution in [0, 0.1) is 0 Å². The standard InChI is InChI=1S/C14H20ClN/c1-16-14-8-3-2-5-12(10-14)11-6-4-7-13(15)9-11/h4,6-7,9,12,14,16H,2-3,5,8,10H2,1H3. The van der Waals surface area contributed by atoms with Gasteiger partial charge >= 0.3 is 0 Å². The van der Waals surface area contributed by atoms with E-state index in [9.17, 15) is 0 Å². The minimum atomic E-state index is 0.673. The van der Waals surface area contributed by atoms with E-state index in [1.165, 1.54) is 37.7 Å². The Hall–Kier alpha value is -0.530. The number of hydrogen-bond acceptors (Lipinski definition) is 1. The Morgan fingerprint density at radius 1 is 1.25 bits per heavy atom. The van der Waals surface area contributed by atoms with E-state index < -0.39 is 0 Å². The molecule has 88 valence electrons. The second-order valence-corrected chi connectivity index (χ2v) is 5.19. The van der Waals surface area contributed by atoms with Gasteiger partial charge in [-0.2, -0.15) is 0 Å². The average molecular weight is 238 g/mol. The van der Waals surface area contributed by atoms with Crippen molar-refractivity contribution in [2.75, 3.05) is 7.05 Å². The van der Waals surface area contributed by atoms with Gasteiger partial charge in [-0.1, -0.05) is 36.6 Å². The quantitative estimate of drug-likeness (QED) is 0.768. The first-order chi connectivity index (χ1) is 7.79. The van der Waals surface area contributed by atoms with E-state index in [1.54, 1.807) is 0 Å². The van der Waals surface area contributed by atoms with Gasteiger partial charge in [0.1, 0.15) is 0 Å². The lowest BCUT2D eigenvalue weighted by Crippen LogP contribution is -2.25. The lowest BCUT2D eigenvalue weighted by Gasteiger charge is -2.20. The Morgan fingerprint density at radius 2 is 2.06 bits per heavy atom. The van der Waals surface area contributed by atoms with Gasteiger partial charge in [-0.15, -0.1) is 0 Å². The Balaban J connectivity index is 2.12. The van der Waals surface area contributed by atoms with Crippen LogP contribution in [0.4, 0.5) is 0 Å². The maximum atomic E-state index is 6.06. The lowest BCUT2D eigenvalue weighted by atomic mass is 9.90. The Kier molecular flexibility index (Phi) is 4.25. The van der Waals surface area contributed by atoms with E-state index in [0.717, 1.165) is 5.02 Å². The van der Waals surface area contributed by atoms with Gasteiger partial charge in [0.15, 0.2) is 0 Å². The van der Waals surface area contributed by atoms with Crippen molar-refractivity contribution in [2.24, 2.45) is 0 Å². The third kappa shape index (κ3) is 2.99. The van der Waals surface area contributed by atoms with Gasteiger partial charge in [0.05, 0.1) is 0 Å². The molecule has 0 heterocycles. The second-order valence-electron chi connectivity index (χ2n) is 4.76. The van der Waals surface area contributed by atoms with Crippen LogP contribution in [-0.4, -0.2) is 13.1 Å². The lowest BCUT2D eigenvalue weighted by molar-refractivity contribution is 0.471. The summed E-state index contributed by atoms with van der Waals surface area (Å²) in [5, 5.41) is 4.29. The molecule has 16 heavy (non-hydrogen) atoms. The van der Waals surface area contributed by atoms with Crippen LogP contribution in [-0.2, 0) is 0 Å². The molecule has 0 saturated heterocycles. The van der Waals surface area contributed by atoms with Crippen LogP contribution >= 0.6 is 11.6 Å². The molecule has 2 unspecified atom stereocenters. The van der Waals surface area contributed by atoms with Crippen LogP contribution < -0.4 is 5.32 Å². The molecule has 2 rings (SSSR count). The first kappa shape index (κ1) is 11.9. The fourth-order valence-electron chi connectivity index (χ4n) is 2.69. The van der Waals surface area contributed by atoms with Crippen LogP contribution in [0.3, 0.4) is 0 Å². The van der Waals surface area contributed by atoms with E-state index in [1.807, 2.05) is 6.07 Å². The number of rotatable bonds is 2. The van der Waals surface area contributed by atoms with Crippen molar-refractivity contribution in [2.45, 2.75) is 44.1 Å². The van der Waals surface area contributed by atoms with E-state index in [-0.39, 0.29) is 0 Å². The van der Waals surface area contributed by atoms with Crippen molar-refractivity contribution in [3.8, 4) is 0 Å². The van der Waals surface area contributed by atoms with Gasteiger partial charge in [-0.05, 0) is 49.9 Å². The molecule has 2 heteroatoms. The van der Waals surface area contributed by atoms with Crippen molar-refractivity contribution >= 4 is 11.6 Å². The molecule has 1 fully saturated rings. The van der Waals surface area contributed by atoms with Gasteiger partial charge in [0.2, 0.25) is 0 Å². The molecule has 1 aromatic carbocycles. The second kappa shape index (κ2) is 5.70. The largest absolute Gasteiger partial charge is 0.317 e. The van der Waals surface area contributed by atoms with Crippen molar-refractivity contribution in [1.82, 2.24) is 5.32 Å². The molecule has 0 radical (unpaired) electrons. The third-order valence-corrected chi connectivity index (χ3v) is 3.89. The van der Waals surface area contributed by atoms with Gasteiger partial charge in [-0.25, -0.2) is 0 Å². The molecule has 0 aliphatic heterocycles. The number of nitrogens with one attached hydrogen (secondary N) is 1. The molecule has 0 spiro atoms. The summed E-state index contributed by atoms with van der Waals surface area (Å²) in [7, 11) is 2.07. The van der Waals surface area contributed by atoms with Gasteiger partial charge in [0.25, 0.3) is 0 Å². The fourth-order valence-corrected chi connectivity index (χ4v) is 2.88. The number of hydrogen-bond donors (Lipinski definition) is 1. The van der Waals surface area contributed by atoms with E-state index >= 15 is 0 Å². The van der Waals surface area contributed by atoms with Crippen molar-refractivity contribution < 1.29 is 0 Å². The predicted molar refractivity (Wildman–Crippen MR) is 70.1 cm³/mol. The Morgan fingerprint density at radius 3 is 2.81 bits per heavy atom. The summed E-state index contributed by atoms with van der Waals surface area (Å²) in [6.07, 6.45) is 6.56. The highest BCUT2D eigenvalue weighted by Crippen LogP contribution is 2.32. The monoisotopic (exact) mass is 237 g/mol.